The van der Waals surface area contributed by atoms with Crippen molar-refractivity contribution in [1.29, 1.82) is 0 Å². The van der Waals surface area contributed by atoms with E-state index in [9.17, 15) is 84.5 Å². The maximum Gasteiger partial charge on any atom is 0.460 e. The van der Waals surface area contributed by atoms with E-state index in [4.69, 9.17) is 13.9 Å². The first-order valence-corrected chi connectivity index (χ1v) is 19.3. The molecule has 0 aliphatic heterocycles. The molecule has 1 aromatic carbocycles. The first kappa shape index (κ1) is 52.2. The number of alkyl halides is 17. The van der Waals surface area contributed by atoms with Crippen LogP contribution in [-0.4, -0.2) is 86.8 Å². The SMILES string of the molecule is CCOC(=O)/C(C)=C(\C)[C@H](C)[C@H](O)c1ccc(OCCO[Si](CCC(F)(F)C(F)(F)C(F)(F)C(F)(F)C(F)(F)C(F)(F)C(F)(F)C(F)(F)F)(C(C)C)C(C)C)cc1. The molecular weight excluding hydrogens is 839 g/mol. The normalized spacial score (nSPS) is 16.1. The van der Waals surface area contributed by atoms with Crippen LogP contribution in [0.2, 0.25) is 17.1 Å². The van der Waals surface area contributed by atoms with Gasteiger partial charge in [-0.1, -0.05) is 52.3 Å². The highest BCUT2D eigenvalue weighted by Gasteiger charge is 2.95. The molecule has 2 atom stereocenters. The lowest BCUT2D eigenvalue weighted by Crippen LogP contribution is -2.74. The highest BCUT2D eigenvalue weighted by molar-refractivity contribution is 6.76. The van der Waals surface area contributed by atoms with Crippen LogP contribution >= 0.6 is 0 Å². The molecular formula is C34H43F17O5Si. The van der Waals surface area contributed by atoms with E-state index in [0.717, 1.165) is 0 Å². The van der Waals surface area contributed by atoms with E-state index in [-0.39, 0.29) is 19.0 Å². The molecule has 1 aromatic rings. The van der Waals surface area contributed by atoms with Gasteiger partial charge in [-0.05, 0) is 55.6 Å². The van der Waals surface area contributed by atoms with E-state index in [2.05, 4.69) is 0 Å². The van der Waals surface area contributed by atoms with Crippen molar-refractivity contribution in [3.05, 3.63) is 41.0 Å². The fraction of sp³-hybridized carbons (Fsp3) is 0.735. The van der Waals surface area contributed by atoms with Gasteiger partial charge in [0.25, 0.3) is 0 Å². The van der Waals surface area contributed by atoms with Crippen molar-refractivity contribution in [2.24, 2.45) is 5.92 Å². The molecule has 0 radical (unpaired) electrons. The second-order valence-corrected chi connectivity index (χ2v) is 18.9. The van der Waals surface area contributed by atoms with Gasteiger partial charge < -0.3 is 19.0 Å². The zero-order valence-electron chi connectivity index (χ0n) is 31.7. The Labute approximate surface area is 318 Å². The summed E-state index contributed by atoms with van der Waals surface area (Å²) in [5, 5.41) is 10.8. The van der Waals surface area contributed by atoms with Gasteiger partial charge >= 0.3 is 53.6 Å². The number of rotatable bonds is 21. The predicted molar refractivity (Wildman–Crippen MR) is 173 cm³/mol. The Morgan fingerprint density at radius 3 is 1.49 bits per heavy atom. The summed E-state index contributed by atoms with van der Waals surface area (Å²) in [6, 6.07) is 4.43. The third-order valence-electron chi connectivity index (χ3n) is 9.85. The van der Waals surface area contributed by atoms with E-state index in [1.54, 1.807) is 20.8 Å². The number of carbonyl (C=O) groups is 1. The van der Waals surface area contributed by atoms with Crippen molar-refractivity contribution in [2.45, 2.75) is 133 Å². The number of benzene rings is 1. The van der Waals surface area contributed by atoms with E-state index in [1.807, 2.05) is 0 Å². The second kappa shape index (κ2) is 17.8. The Kier molecular flexibility index (Phi) is 16.3. The average Bonchev–Trinajstić information content (AvgIpc) is 3.09. The van der Waals surface area contributed by atoms with Crippen molar-refractivity contribution in [3.63, 3.8) is 0 Å². The first-order valence-electron chi connectivity index (χ1n) is 17.0. The summed E-state index contributed by atoms with van der Waals surface area (Å²) in [5.74, 6) is -57.6. The molecule has 1 rings (SSSR count). The van der Waals surface area contributed by atoms with Gasteiger partial charge in [-0.15, -0.1) is 0 Å². The molecule has 0 saturated heterocycles. The fourth-order valence-electron chi connectivity index (χ4n) is 5.77. The Morgan fingerprint density at radius 2 is 1.09 bits per heavy atom. The highest BCUT2D eigenvalue weighted by Crippen LogP contribution is 2.64. The minimum atomic E-state index is -8.68. The predicted octanol–water partition coefficient (Wildman–Crippen LogP) is 11.8. The summed E-state index contributed by atoms with van der Waals surface area (Å²) in [6.45, 7) is 11.0. The molecule has 0 aliphatic rings. The summed E-state index contributed by atoms with van der Waals surface area (Å²) in [4.78, 5) is 12.1. The monoisotopic (exact) mass is 882 g/mol. The molecule has 57 heavy (non-hydrogen) atoms. The lowest BCUT2D eigenvalue weighted by Gasteiger charge is -2.44. The van der Waals surface area contributed by atoms with E-state index < -0.39 is 104 Å². The fourth-order valence-corrected chi connectivity index (χ4v) is 10.2. The lowest BCUT2D eigenvalue weighted by molar-refractivity contribution is -0.461. The standard InChI is InChI=1S/C34H43F17O5Si/c1-9-54-26(53)22(8)20(6)21(7)25(52)23-10-12-24(13-11-23)55-15-16-56-57(18(2)3,19(4)5)17-14-27(35,36)28(37,38)29(39,40)30(41,42)31(43,44)32(45,46)33(47,48)34(49,50)51/h10-13,18-19,21,25,52H,9,14-17H2,1-8H3/b22-20+/t21-,25-/m0/s1. The molecule has 0 spiro atoms. The van der Waals surface area contributed by atoms with Crippen molar-refractivity contribution in [3.8, 4) is 5.75 Å². The highest BCUT2D eigenvalue weighted by atomic mass is 28.4. The number of aliphatic hydroxyl groups excluding tert-OH is 1. The molecule has 0 aromatic heterocycles. The summed E-state index contributed by atoms with van der Waals surface area (Å²) in [5.41, 5.74) is -0.472. The molecule has 0 aliphatic carbocycles. The minimum absolute atomic E-state index is 0.140. The zero-order valence-corrected chi connectivity index (χ0v) is 32.7. The molecule has 0 amide bonds. The molecule has 332 valence electrons. The molecule has 23 heteroatoms. The number of carbonyl (C=O) groups excluding carboxylic acids is 1. The summed E-state index contributed by atoms with van der Waals surface area (Å²) < 4.78 is 251. The number of halogens is 17. The molecule has 1 N–H and O–H groups in total. The van der Waals surface area contributed by atoms with Gasteiger partial charge in [0, 0.05) is 17.9 Å². The molecule has 5 nitrogen and oxygen atoms in total. The summed E-state index contributed by atoms with van der Waals surface area (Å²) in [7, 11) is -3.95. The zero-order chi connectivity index (χ0) is 45.2. The molecule has 0 bridgehead atoms. The molecule has 0 heterocycles. The third kappa shape index (κ3) is 9.64. The second-order valence-electron chi connectivity index (χ2n) is 13.9. The number of aliphatic hydroxyl groups is 1. The van der Waals surface area contributed by atoms with Crippen LogP contribution in [0.5, 0.6) is 5.75 Å². The van der Waals surface area contributed by atoms with Gasteiger partial charge in [0.1, 0.15) is 12.4 Å². The number of hydrogen-bond acceptors (Lipinski definition) is 5. The van der Waals surface area contributed by atoms with E-state index in [0.29, 0.717) is 16.7 Å². The van der Waals surface area contributed by atoms with Crippen LogP contribution in [0.1, 0.15) is 73.5 Å². The van der Waals surface area contributed by atoms with Crippen molar-refractivity contribution in [2.75, 3.05) is 19.8 Å². The van der Waals surface area contributed by atoms with Gasteiger partial charge in [0.15, 0.2) is 8.32 Å². The van der Waals surface area contributed by atoms with Crippen molar-refractivity contribution < 1.29 is 98.4 Å². The topological polar surface area (TPSA) is 65.0 Å². The number of hydrogen-bond donors (Lipinski definition) is 1. The van der Waals surface area contributed by atoms with Crippen LogP contribution in [0.15, 0.2) is 35.4 Å². The quantitative estimate of drug-likeness (QED) is 0.0438. The Morgan fingerprint density at radius 1 is 0.667 bits per heavy atom. The largest absolute Gasteiger partial charge is 0.491 e. The average molecular weight is 883 g/mol. The van der Waals surface area contributed by atoms with Gasteiger partial charge in [0.05, 0.1) is 19.3 Å². The van der Waals surface area contributed by atoms with Crippen LogP contribution < -0.4 is 4.74 Å². The maximum absolute atomic E-state index is 14.9. The smallest absolute Gasteiger partial charge is 0.460 e. The van der Waals surface area contributed by atoms with Gasteiger partial charge in [-0.25, -0.2) is 4.79 Å². The van der Waals surface area contributed by atoms with Gasteiger partial charge in [-0.3, -0.25) is 0 Å². The maximum atomic E-state index is 14.9. The van der Waals surface area contributed by atoms with Crippen molar-refractivity contribution >= 4 is 14.3 Å². The lowest BCUT2D eigenvalue weighted by atomic mass is 9.88. The van der Waals surface area contributed by atoms with Gasteiger partial charge in [0.2, 0.25) is 0 Å². The van der Waals surface area contributed by atoms with Gasteiger partial charge in [-0.2, -0.15) is 74.6 Å². The molecule has 0 fully saturated rings. The Hall–Kier alpha value is -2.82. The van der Waals surface area contributed by atoms with Crippen LogP contribution in [0.25, 0.3) is 0 Å². The Balaban J connectivity index is 3.25. The Bertz CT molecular complexity index is 1520. The third-order valence-corrected chi connectivity index (χ3v) is 15.5. The number of esters is 1. The van der Waals surface area contributed by atoms with Crippen molar-refractivity contribution in [1.82, 2.24) is 0 Å². The summed E-state index contributed by atoms with van der Waals surface area (Å²) >= 11 is 0. The molecule has 0 saturated carbocycles. The van der Waals surface area contributed by atoms with Crippen LogP contribution in [-0.2, 0) is 14.0 Å². The van der Waals surface area contributed by atoms with Crippen LogP contribution in [0.3, 0.4) is 0 Å². The minimum Gasteiger partial charge on any atom is -0.491 e. The number of ether oxygens (including phenoxy) is 2. The van der Waals surface area contributed by atoms with Crippen LogP contribution in [0.4, 0.5) is 74.6 Å². The van der Waals surface area contributed by atoms with E-state index >= 15 is 0 Å². The summed E-state index contributed by atoms with van der Waals surface area (Å²) in [6.07, 6.45) is -11.5. The van der Waals surface area contributed by atoms with Crippen LogP contribution in [0, 0.1) is 5.92 Å². The first-order chi connectivity index (χ1) is 25.4. The molecule has 0 unspecified atom stereocenters. The van der Waals surface area contributed by atoms with E-state index in [1.165, 1.54) is 58.9 Å².